The minimum atomic E-state index is 0.0463. The number of rotatable bonds is 6. The molecule has 4 aromatic rings. The SMILES string of the molecule is C(#Cc1cnc(NC2CC3CCC2O3)nc1)c1ccccc1.COC1CCCC(OC)C1Nc1ncc(C#Cc2ccccc2)cn1. The summed E-state index contributed by atoms with van der Waals surface area (Å²) >= 11 is 0. The van der Waals surface area contributed by atoms with Gasteiger partial charge in [-0.2, -0.15) is 0 Å². The Kier molecular flexibility index (Phi) is 11.1. The summed E-state index contributed by atoms with van der Waals surface area (Å²) in [6, 6.07) is 20.2. The van der Waals surface area contributed by atoms with Crippen molar-refractivity contribution in [3.63, 3.8) is 0 Å². The van der Waals surface area contributed by atoms with Gasteiger partial charge in [-0.1, -0.05) is 60.1 Å². The van der Waals surface area contributed by atoms with Crippen LogP contribution >= 0.6 is 0 Å². The van der Waals surface area contributed by atoms with Gasteiger partial charge in [0.1, 0.15) is 0 Å². The molecule has 0 radical (unpaired) electrons. The molecule has 2 aromatic carbocycles. The normalized spacial score (nSPS) is 24.0. The van der Waals surface area contributed by atoms with Crippen molar-refractivity contribution in [1.29, 1.82) is 0 Å². The third kappa shape index (κ3) is 8.93. The van der Waals surface area contributed by atoms with Crippen LogP contribution in [-0.2, 0) is 14.2 Å². The summed E-state index contributed by atoms with van der Waals surface area (Å²) in [5.74, 6) is 13.6. The smallest absolute Gasteiger partial charge is 0.223 e. The van der Waals surface area contributed by atoms with Crippen molar-refractivity contribution in [2.75, 3.05) is 24.9 Å². The number of anilines is 2. The van der Waals surface area contributed by atoms with Crippen LogP contribution in [0.4, 0.5) is 11.9 Å². The van der Waals surface area contributed by atoms with E-state index in [1.54, 1.807) is 39.0 Å². The fourth-order valence-electron chi connectivity index (χ4n) is 6.20. The van der Waals surface area contributed by atoms with Crippen molar-refractivity contribution >= 4 is 11.9 Å². The van der Waals surface area contributed by atoms with E-state index in [1.807, 2.05) is 60.7 Å². The molecular weight excluding hydrogens is 588 g/mol. The average molecular weight is 629 g/mol. The summed E-state index contributed by atoms with van der Waals surface area (Å²) < 4.78 is 17.0. The zero-order chi connectivity index (χ0) is 32.3. The second kappa shape index (κ2) is 16.2. The number of hydrogen-bond acceptors (Lipinski definition) is 9. The zero-order valence-electron chi connectivity index (χ0n) is 26.8. The molecule has 0 amide bonds. The number of nitrogens with one attached hydrogen (secondary N) is 2. The lowest BCUT2D eigenvalue weighted by molar-refractivity contribution is -0.0213. The minimum absolute atomic E-state index is 0.0463. The van der Waals surface area contributed by atoms with E-state index in [1.165, 1.54) is 6.42 Å². The monoisotopic (exact) mass is 628 g/mol. The van der Waals surface area contributed by atoms with Gasteiger partial charge in [0.2, 0.25) is 11.9 Å². The van der Waals surface area contributed by atoms with Crippen molar-refractivity contribution in [1.82, 2.24) is 19.9 Å². The topological polar surface area (TPSA) is 103 Å². The molecule has 1 saturated carbocycles. The Hall–Kier alpha value is -4.80. The molecule has 7 rings (SSSR count). The molecule has 3 fully saturated rings. The average Bonchev–Trinajstić information content (AvgIpc) is 3.76. The van der Waals surface area contributed by atoms with E-state index < -0.39 is 0 Å². The first-order valence-electron chi connectivity index (χ1n) is 16.2. The molecule has 2 saturated heterocycles. The maximum Gasteiger partial charge on any atom is 0.223 e. The molecule has 5 unspecified atom stereocenters. The molecule has 47 heavy (non-hydrogen) atoms. The van der Waals surface area contributed by atoms with Crippen LogP contribution in [0.1, 0.15) is 60.8 Å². The molecule has 2 aromatic heterocycles. The van der Waals surface area contributed by atoms with Crippen molar-refractivity contribution in [2.24, 2.45) is 0 Å². The van der Waals surface area contributed by atoms with Crippen LogP contribution in [0.3, 0.4) is 0 Å². The number of methoxy groups -OCH3 is 2. The third-order valence-electron chi connectivity index (χ3n) is 8.65. The first-order chi connectivity index (χ1) is 23.2. The molecule has 240 valence electrons. The quantitative estimate of drug-likeness (QED) is 0.269. The van der Waals surface area contributed by atoms with E-state index in [9.17, 15) is 0 Å². The summed E-state index contributed by atoms with van der Waals surface area (Å²) in [5.41, 5.74) is 3.56. The molecule has 3 aliphatic rings. The predicted molar refractivity (Wildman–Crippen MR) is 182 cm³/mol. The molecule has 4 heterocycles. The lowest BCUT2D eigenvalue weighted by Gasteiger charge is -2.36. The Morgan fingerprint density at radius 3 is 1.55 bits per heavy atom. The van der Waals surface area contributed by atoms with Crippen molar-refractivity contribution in [2.45, 2.75) is 75.0 Å². The van der Waals surface area contributed by atoms with Gasteiger partial charge in [-0.25, -0.2) is 19.9 Å². The van der Waals surface area contributed by atoms with Gasteiger partial charge in [-0.05, 0) is 62.8 Å². The number of aromatic nitrogens is 4. The standard InChI is InChI=1S/C20H23N3O2.C18H17N3O/c1-24-17-9-6-10-18(25-2)19(17)23-20-21-13-16(14-22-20)12-11-15-7-4-3-5-8-15;1-2-4-13(5-3-1)6-7-14-11-19-18(20-12-14)21-16-10-15-8-9-17(16)22-15/h3-5,7-8,13-14,17-19H,6,9-10H2,1-2H3,(H,21,22,23);1-5,11-12,15-17H,8-10H2,(H,19,20,21). The molecule has 2 aliphatic heterocycles. The summed E-state index contributed by atoms with van der Waals surface area (Å²) in [5, 5.41) is 6.74. The molecule has 9 nitrogen and oxygen atoms in total. The van der Waals surface area contributed by atoms with E-state index in [0.717, 1.165) is 54.4 Å². The summed E-state index contributed by atoms with van der Waals surface area (Å²) in [6.45, 7) is 0. The van der Waals surface area contributed by atoms with E-state index in [2.05, 4.69) is 54.3 Å². The highest BCUT2D eigenvalue weighted by Crippen LogP contribution is 2.35. The van der Waals surface area contributed by atoms with Crippen LogP contribution in [0.25, 0.3) is 0 Å². The Morgan fingerprint density at radius 2 is 1.11 bits per heavy atom. The summed E-state index contributed by atoms with van der Waals surface area (Å²) in [4.78, 5) is 17.5. The highest BCUT2D eigenvalue weighted by Gasteiger charge is 2.41. The molecule has 9 heteroatoms. The van der Waals surface area contributed by atoms with Gasteiger partial charge in [0.25, 0.3) is 0 Å². The van der Waals surface area contributed by atoms with Gasteiger partial charge in [0, 0.05) is 50.1 Å². The minimum Gasteiger partial charge on any atom is -0.379 e. The van der Waals surface area contributed by atoms with Gasteiger partial charge in [0.15, 0.2) is 0 Å². The van der Waals surface area contributed by atoms with Gasteiger partial charge in [-0.3, -0.25) is 0 Å². The van der Waals surface area contributed by atoms with Crippen LogP contribution in [0.2, 0.25) is 0 Å². The predicted octanol–water partition coefficient (Wildman–Crippen LogP) is 5.48. The molecule has 1 aliphatic carbocycles. The number of hydrogen-bond donors (Lipinski definition) is 2. The van der Waals surface area contributed by atoms with E-state index in [0.29, 0.717) is 30.1 Å². The fraction of sp³-hybridized carbons (Fsp3) is 0.368. The second-order valence-corrected chi connectivity index (χ2v) is 11.8. The van der Waals surface area contributed by atoms with Crippen LogP contribution in [0, 0.1) is 23.7 Å². The summed E-state index contributed by atoms with van der Waals surface area (Å²) in [6.07, 6.45) is 14.5. The lowest BCUT2D eigenvalue weighted by Crippen LogP contribution is -2.48. The highest BCUT2D eigenvalue weighted by atomic mass is 16.5. The van der Waals surface area contributed by atoms with Gasteiger partial charge in [0.05, 0.1) is 47.6 Å². The second-order valence-electron chi connectivity index (χ2n) is 11.8. The molecule has 2 N–H and O–H groups in total. The summed E-state index contributed by atoms with van der Waals surface area (Å²) in [7, 11) is 3.47. The van der Waals surface area contributed by atoms with Crippen LogP contribution < -0.4 is 10.6 Å². The molecule has 2 bridgehead atoms. The Bertz CT molecular complexity index is 1670. The van der Waals surface area contributed by atoms with Gasteiger partial charge >= 0.3 is 0 Å². The van der Waals surface area contributed by atoms with E-state index >= 15 is 0 Å². The van der Waals surface area contributed by atoms with E-state index in [-0.39, 0.29) is 18.2 Å². The Labute approximate surface area is 276 Å². The first kappa shape index (κ1) is 32.2. The van der Waals surface area contributed by atoms with Crippen molar-refractivity contribution in [3.8, 4) is 23.7 Å². The maximum atomic E-state index is 5.83. The Morgan fingerprint density at radius 1 is 0.617 bits per heavy atom. The Balaban J connectivity index is 0.000000165. The maximum absolute atomic E-state index is 5.83. The lowest BCUT2D eigenvalue weighted by atomic mass is 9.89. The first-order valence-corrected chi connectivity index (χ1v) is 16.2. The number of fused-ring (bicyclic) bond motifs is 2. The van der Waals surface area contributed by atoms with Crippen LogP contribution in [0.15, 0.2) is 85.5 Å². The fourth-order valence-corrected chi connectivity index (χ4v) is 6.20. The largest absolute Gasteiger partial charge is 0.379 e. The van der Waals surface area contributed by atoms with Crippen LogP contribution in [0.5, 0.6) is 0 Å². The third-order valence-corrected chi connectivity index (χ3v) is 8.65. The van der Waals surface area contributed by atoms with E-state index in [4.69, 9.17) is 14.2 Å². The highest BCUT2D eigenvalue weighted by molar-refractivity contribution is 5.43. The zero-order valence-corrected chi connectivity index (χ0v) is 26.8. The number of nitrogens with zero attached hydrogens (tertiary/aromatic N) is 4. The molecule has 0 spiro atoms. The van der Waals surface area contributed by atoms with Crippen molar-refractivity contribution in [3.05, 3.63) is 108 Å². The van der Waals surface area contributed by atoms with Gasteiger partial charge in [-0.15, -0.1) is 0 Å². The molecular formula is C38H40N6O3. The number of benzene rings is 2. The van der Waals surface area contributed by atoms with Crippen LogP contribution in [-0.4, -0.2) is 70.7 Å². The molecule has 5 atom stereocenters. The number of ether oxygens (including phenoxy) is 3. The van der Waals surface area contributed by atoms with Gasteiger partial charge < -0.3 is 24.8 Å². The van der Waals surface area contributed by atoms with Crippen molar-refractivity contribution < 1.29 is 14.2 Å².